The Balaban J connectivity index is 3.11. The molecule has 15 heavy (non-hydrogen) atoms. The minimum atomic E-state index is -0.657. The van der Waals surface area contributed by atoms with Crippen molar-refractivity contribution in [1.82, 2.24) is 0 Å². The highest BCUT2D eigenvalue weighted by Gasteiger charge is 2.16. The molecule has 0 fully saturated rings. The molecule has 0 rings (SSSR count). The third-order valence-electron chi connectivity index (χ3n) is 1.80. The van der Waals surface area contributed by atoms with E-state index in [0.717, 1.165) is 6.42 Å². The van der Waals surface area contributed by atoms with E-state index in [1.54, 1.807) is 14.0 Å². The summed E-state index contributed by atoms with van der Waals surface area (Å²) >= 11 is 0. The molecule has 1 atom stereocenters. The van der Waals surface area contributed by atoms with Crippen LogP contribution in [0.25, 0.3) is 0 Å². The molecule has 0 bridgehead atoms. The van der Waals surface area contributed by atoms with Gasteiger partial charge < -0.3 is 25.1 Å². The molecule has 5 nitrogen and oxygen atoms in total. The zero-order chi connectivity index (χ0) is 11.6. The van der Waals surface area contributed by atoms with Crippen LogP contribution in [-0.2, 0) is 14.2 Å². The van der Waals surface area contributed by atoms with Gasteiger partial charge in [-0.05, 0) is 13.3 Å². The Kier molecular flexibility index (Phi) is 8.94. The van der Waals surface area contributed by atoms with Crippen molar-refractivity contribution in [2.24, 2.45) is 5.73 Å². The second kappa shape index (κ2) is 9.06. The van der Waals surface area contributed by atoms with Crippen LogP contribution in [0.4, 0.5) is 0 Å². The number of nitrogens with two attached hydrogens (primary N) is 1. The van der Waals surface area contributed by atoms with E-state index < -0.39 is 5.54 Å². The number of aliphatic hydroxyl groups is 1. The van der Waals surface area contributed by atoms with Gasteiger partial charge in [-0.25, -0.2) is 0 Å². The summed E-state index contributed by atoms with van der Waals surface area (Å²) in [4.78, 5) is 0. The molecular formula is C10H23NO4. The number of methoxy groups -OCH3 is 1. The summed E-state index contributed by atoms with van der Waals surface area (Å²) in [6.07, 6.45) is 0.891. The Bertz CT molecular complexity index is 141. The molecule has 0 aliphatic carbocycles. The first kappa shape index (κ1) is 14.8. The van der Waals surface area contributed by atoms with Gasteiger partial charge in [-0.15, -0.1) is 0 Å². The van der Waals surface area contributed by atoms with Crippen molar-refractivity contribution in [3.63, 3.8) is 0 Å². The molecule has 92 valence electrons. The molecule has 0 aromatic heterocycles. The fourth-order valence-corrected chi connectivity index (χ4v) is 0.876. The molecule has 1 unspecified atom stereocenters. The molecule has 0 radical (unpaired) electrons. The lowest BCUT2D eigenvalue weighted by Crippen LogP contribution is -2.45. The van der Waals surface area contributed by atoms with E-state index in [1.807, 2.05) is 0 Å². The summed E-state index contributed by atoms with van der Waals surface area (Å²) in [6.45, 7) is 4.44. The van der Waals surface area contributed by atoms with Crippen molar-refractivity contribution in [2.45, 2.75) is 18.9 Å². The summed E-state index contributed by atoms with van der Waals surface area (Å²) in [6, 6.07) is 0. The first-order chi connectivity index (χ1) is 7.12. The number of rotatable bonds is 10. The van der Waals surface area contributed by atoms with Crippen molar-refractivity contribution in [1.29, 1.82) is 0 Å². The van der Waals surface area contributed by atoms with E-state index in [4.69, 9.17) is 25.1 Å². The normalized spacial score (nSPS) is 15.2. The average molecular weight is 221 g/mol. The SMILES string of the molecule is COCCCOCCOCC(C)(N)CO. The summed E-state index contributed by atoms with van der Waals surface area (Å²) in [5.41, 5.74) is 5.01. The Morgan fingerprint density at radius 2 is 1.80 bits per heavy atom. The maximum Gasteiger partial charge on any atom is 0.0701 e. The number of hydrogen-bond acceptors (Lipinski definition) is 5. The molecule has 0 aliphatic heterocycles. The highest BCUT2D eigenvalue weighted by Crippen LogP contribution is 1.97. The van der Waals surface area contributed by atoms with Crippen LogP contribution in [0, 0.1) is 0 Å². The van der Waals surface area contributed by atoms with E-state index in [9.17, 15) is 0 Å². The molecule has 0 saturated heterocycles. The van der Waals surface area contributed by atoms with Crippen molar-refractivity contribution in [3.05, 3.63) is 0 Å². The highest BCUT2D eigenvalue weighted by atomic mass is 16.5. The quantitative estimate of drug-likeness (QED) is 0.498. The third-order valence-corrected chi connectivity index (χ3v) is 1.80. The topological polar surface area (TPSA) is 73.9 Å². The lowest BCUT2D eigenvalue weighted by Gasteiger charge is -2.21. The lowest BCUT2D eigenvalue weighted by atomic mass is 10.1. The van der Waals surface area contributed by atoms with Gasteiger partial charge in [0.05, 0.1) is 32.0 Å². The summed E-state index contributed by atoms with van der Waals surface area (Å²) in [5, 5.41) is 8.84. The zero-order valence-electron chi connectivity index (χ0n) is 9.70. The van der Waals surface area contributed by atoms with E-state index in [0.29, 0.717) is 33.0 Å². The van der Waals surface area contributed by atoms with E-state index in [-0.39, 0.29) is 6.61 Å². The van der Waals surface area contributed by atoms with Crippen LogP contribution in [0.1, 0.15) is 13.3 Å². The molecule has 5 heteroatoms. The molecule has 0 aromatic rings. The van der Waals surface area contributed by atoms with E-state index in [2.05, 4.69) is 0 Å². The van der Waals surface area contributed by atoms with Crippen molar-refractivity contribution >= 4 is 0 Å². The maximum absolute atomic E-state index is 8.84. The van der Waals surface area contributed by atoms with Gasteiger partial charge >= 0.3 is 0 Å². The van der Waals surface area contributed by atoms with Crippen molar-refractivity contribution in [3.8, 4) is 0 Å². The molecular weight excluding hydrogens is 198 g/mol. The van der Waals surface area contributed by atoms with E-state index in [1.165, 1.54) is 0 Å². The average Bonchev–Trinajstić information content (AvgIpc) is 2.22. The summed E-state index contributed by atoms with van der Waals surface area (Å²) in [7, 11) is 1.67. The number of hydrogen-bond donors (Lipinski definition) is 2. The minimum absolute atomic E-state index is 0.0817. The van der Waals surface area contributed by atoms with Gasteiger partial charge in [0.2, 0.25) is 0 Å². The van der Waals surface area contributed by atoms with Crippen LogP contribution in [0.3, 0.4) is 0 Å². The highest BCUT2D eigenvalue weighted by molar-refractivity contribution is 4.76. The van der Waals surface area contributed by atoms with Gasteiger partial charge in [0.25, 0.3) is 0 Å². The largest absolute Gasteiger partial charge is 0.394 e. The van der Waals surface area contributed by atoms with Gasteiger partial charge in [-0.1, -0.05) is 0 Å². The first-order valence-electron chi connectivity index (χ1n) is 5.16. The lowest BCUT2D eigenvalue weighted by molar-refractivity contribution is 0.0147. The van der Waals surface area contributed by atoms with Gasteiger partial charge in [-0.3, -0.25) is 0 Å². The van der Waals surface area contributed by atoms with Crippen molar-refractivity contribution < 1.29 is 19.3 Å². The number of aliphatic hydroxyl groups excluding tert-OH is 1. The summed E-state index contributed by atoms with van der Waals surface area (Å²) in [5.74, 6) is 0. The Hall–Kier alpha value is -0.200. The first-order valence-corrected chi connectivity index (χ1v) is 5.16. The zero-order valence-corrected chi connectivity index (χ0v) is 9.70. The van der Waals surface area contributed by atoms with Crippen molar-refractivity contribution in [2.75, 3.05) is 46.8 Å². The standard InChI is InChI=1S/C10H23NO4/c1-10(11,8-12)9-15-7-6-14-5-3-4-13-2/h12H,3-9,11H2,1-2H3. The second-order valence-electron chi connectivity index (χ2n) is 3.82. The molecule has 0 spiro atoms. The number of ether oxygens (including phenoxy) is 3. The smallest absolute Gasteiger partial charge is 0.0701 e. The molecule has 0 amide bonds. The Morgan fingerprint density at radius 1 is 1.13 bits per heavy atom. The molecule has 3 N–H and O–H groups in total. The third kappa shape index (κ3) is 10.1. The molecule has 0 aliphatic rings. The van der Waals surface area contributed by atoms with Crippen LogP contribution >= 0.6 is 0 Å². The van der Waals surface area contributed by atoms with Crippen LogP contribution < -0.4 is 5.73 Å². The van der Waals surface area contributed by atoms with Gasteiger partial charge in [0.15, 0.2) is 0 Å². The Morgan fingerprint density at radius 3 is 2.40 bits per heavy atom. The Labute approximate surface area is 91.5 Å². The van der Waals surface area contributed by atoms with Gasteiger partial charge in [-0.2, -0.15) is 0 Å². The molecule has 0 heterocycles. The molecule has 0 aromatic carbocycles. The predicted molar refractivity (Wildman–Crippen MR) is 57.8 cm³/mol. The van der Waals surface area contributed by atoms with Crippen LogP contribution in [0.5, 0.6) is 0 Å². The van der Waals surface area contributed by atoms with Crippen LogP contribution in [-0.4, -0.2) is 57.4 Å². The van der Waals surface area contributed by atoms with Crippen LogP contribution in [0.15, 0.2) is 0 Å². The van der Waals surface area contributed by atoms with Gasteiger partial charge in [0, 0.05) is 20.3 Å². The van der Waals surface area contributed by atoms with E-state index >= 15 is 0 Å². The fourth-order valence-electron chi connectivity index (χ4n) is 0.876. The maximum atomic E-state index is 8.84. The van der Waals surface area contributed by atoms with Gasteiger partial charge in [0.1, 0.15) is 0 Å². The summed E-state index contributed by atoms with van der Waals surface area (Å²) < 4.78 is 15.4. The fraction of sp³-hybridized carbons (Fsp3) is 1.00. The monoisotopic (exact) mass is 221 g/mol. The minimum Gasteiger partial charge on any atom is -0.394 e. The van der Waals surface area contributed by atoms with Crippen LogP contribution in [0.2, 0.25) is 0 Å². The predicted octanol–water partition coefficient (Wildman–Crippen LogP) is -0.234. The second-order valence-corrected chi connectivity index (χ2v) is 3.82. The molecule has 0 saturated carbocycles.